The number of carbonyl (C=O) groups is 1. The smallest absolute Gasteiger partial charge is 0.248 e. The van der Waals surface area contributed by atoms with E-state index < -0.39 is 11.7 Å². The number of anilines is 2. The van der Waals surface area contributed by atoms with E-state index in [1.807, 2.05) is 6.92 Å². The van der Waals surface area contributed by atoms with E-state index in [2.05, 4.69) is 15.3 Å². The maximum absolute atomic E-state index is 13.9. The number of amides is 1. The summed E-state index contributed by atoms with van der Waals surface area (Å²) in [6.07, 6.45) is 1.80. The Labute approximate surface area is 109 Å². The molecule has 0 atom stereocenters. The molecule has 0 spiro atoms. The minimum atomic E-state index is -0.506. The molecule has 0 aliphatic rings. The van der Waals surface area contributed by atoms with Crippen LogP contribution in [0.3, 0.4) is 0 Å². The van der Waals surface area contributed by atoms with Crippen LogP contribution in [0.5, 0.6) is 0 Å². The number of halogens is 1. The number of hydrogen-bond donors (Lipinski definition) is 2. The van der Waals surface area contributed by atoms with Crippen LogP contribution in [-0.2, 0) is 6.42 Å². The van der Waals surface area contributed by atoms with Crippen LogP contribution < -0.4 is 11.1 Å². The highest BCUT2D eigenvalue weighted by molar-refractivity contribution is 5.93. The van der Waals surface area contributed by atoms with Crippen molar-refractivity contribution in [1.82, 2.24) is 9.97 Å². The van der Waals surface area contributed by atoms with E-state index in [0.29, 0.717) is 23.4 Å². The van der Waals surface area contributed by atoms with Crippen LogP contribution in [0.15, 0.2) is 30.6 Å². The lowest BCUT2D eigenvalue weighted by atomic mass is 10.2. The molecule has 6 heteroatoms. The number of hydrogen-bond acceptors (Lipinski definition) is 4. The molecule has 0 saturated heterocycles. The summed E-state index contributed by atoms with van der Waals surface area (Å²) in [5.74, 6) is -0.865. The molecule has 2 aromatic rings. The Morgan fingerprint density at radius 3 is 2.58 bits per heavy atom. The zero-order valence-electron chi connectivity index (χ0n) is 10.4. The molecule has 0 fully saturated rings. The van der Waals surface area contributed by atoms with Crippen molar-refractivity contribution in [3.8, 4) is 0 Å². The third-order valence-corrected chi connectivity index (χ3v) is 2.63. The monoisotopic (exact) mass is 260 g/mol. The fraction of sp³-hybridized carbons (Fsp3) is 0.154. The maximum Gasteiger partial charge on any atom is 0.248 e. The molecule has 3 N–H and O–H groups in total. The van der Waals surface area contributed by atoms with Crippen molar-refractivity contribution >= 4 is 17.4 Å². The maximum atomic E-state index is 13.9. The van der Waals surface area contributed by atoms with Crippen molar-refractivity contribution < 1.29 is 9.18 Å². The molecule has 0 aliphatic heterocycles. The lowest BCUT2D eigenvalue weighted by Gasteiger charge is -2.08. The summed E-state index contributed by atoms with van der Waals surface area (Å²) in [6.45, 7) is 1.82. The summed E-state index contributed by atoms with van der Waals surface area (Å²) in [5, 5.41) is 2.83. The van der Waals surface area contributed by atoms with Gasteiger partial charge < -0.3 is 11.1 Å². The third kappa shape index (κ3) is 2.85. The molecule has 5 nitrogen and oxygen atoms in total. The number of aryl methyl sites for hydroxylation is 1. The normalized spacial score (nSPS) is 10.2. The van der Waals surface area contributed by atoms with Gasteiger partial charge in [0.1, 0.15) is 6.33 Å². The van der Waals surface area contributed by atoms with Gasteiger partial charge in [0.2, 0.25) is 5.91 Å². The second-order valence-electron chi connectivity index (χ2n) is 3.90. The van der Waals surface area contributed by atoms with Crippen LogP contribution in [0.1, 0.15) is 23.0 Å². The molecule has 1 aromatic heterocycles. The highest BCUT2D eigenvalue weighted by Crippen LogP contribution is 2.19. The van der Waals surface area contributed by atoms with Crippen molar-refractivity contribution in [2.24, 2.45) is 5.73 Å². The molecule has 0 radical (unpaired) electrons. The molecule has 0 unspecified atom stereocenters. The van der Waals surface area contributed by atoms with Gasteiger partial charge in [-0.1, -0.05) is 6.92 Å². The lowest BCUT2D eigenvalue weighted by Crippen LogP contribution is -2.10. The van der Waals surface area contributed by atoms with Crippen LogP contribution in [0.25, 0.3) is 0 Å². The van der Waals surface area contributed by atoms with Gasteiger partial charge in [-0.05, 0) is 30.7 Å². The Bertz CT molecular complexity index is 598. The second-order valence-corrected chi connectivity index (χ2v) is 3.90. The van der Waals surface area contributed by atoms with Gasteiger partial charge in [0.05, 0.1) is 5.69 Å². The van der Waals surface area contributed by atoms with E-state index >= 15 is 0 Å². The summed E-state index contributed by atoms with van der Waals surface area (Å²) < 4.78 is 13.9. The lowest BCUT2D eigenvalue weighted by molar-refractivity contribution is 0.100. The Balaban J connectivity index is 2.24. The number of nitrogens with zero attached hydrogens (tertiary/aromatic N) is 2. The quantitative estimate of drug-likeness (QED) is 0.881. The summed E-state index contributed by atoms with van der Waals surface area (Å²) in [4.78, 5) is 18.6. The van der Waals surface area contributed by atoms with Gasteiger partial charge in [-0.3, -0.25) is 4.79 Å². The first-order valence-electron chi connectivity index (χ1n) is 5.78. The van der Waals surface area contributed by atoms with Crippen LogP contribution in [0.2, 0.25) is 0 Å². The van der Waals surface area contributed by atoms with E-state index in [1.54, 1.807) is 24.3 Å². The SMILES string of the molecule is CCc1ncnc(Nc2ccc(C(N)=O)cc2)c1F. The van der Waals surface area contributed by atoms with Crippen LogP contribution in [-0.4, -0.2) is 15.9 Å². The number of primary amides is 1. The largest absolute Gasteiger partial charge is 0.366 e. The molecule has 0 bridgehead atoms. The van der Waals surface area contributed by atoms with Crippen molar-refractivity contribution in [2.75, 3.05) is 5.32 Å². The molecular formula is C13H13FN4O. The van der Waals surface area contributed by atoms with Gasteiger partial charge in [0.15, 0.2) is 11.6 Å². The highest BCUT2D eigenvalue weighted by Gasteiger charge is 2.09. The van der Waals surface area contributed by atoms with Gasteiger partial charge in [0.25, 0.3) is 0 Å². The first-order valence-corrected chi connectivity index (χ1v) is 5.78. The number of nitrogens with one attached hydrogen (secondary N) is 1. The first kappa shape index (κ1) is 12.9. The zero-order chi connectivity index (χ0) is 13.8. The Morgan fingerprint density at radius 1 is 1.32 bits per heavy atom. The van der Waals surface area contributed by atoms with Gasteiger partial charge in [-0.15, -0.1) is 0 Å². The fourth-order valence-electron chi connectivity index (χ4n) is 1.59. The van der Waals surface area contributed by atoms with Gasteiger partial charge >= 0.3 is 0 Å². The van der Waals surface area contributed by atoms with Crippen LogP contribution in [0.4, 0.5) is 15.9 Å². The summed E-state index contributed by atoms with van der Waals surface area (Å²) >= 11 is 0. The van der Waals surface area contributed by atoms with Gasteiger partial charge in [-0.2, -0.15) is 0 Å². The minimum absolute atomic E-state index is 0.110. The number of aromatic nitrogens is 2. The van der Waals surface area contributed by atoms with Crippen molar-refractivity contribution in [3.63, 3.8) is 0 Å². The molecule has 0 aliphatic carbocycles. The number of benzene rings is 1. The molecule has 2 rings (SSSR count). The summed E-state index contributed by atoms with van der Waals surface area (Å²) in [6, 6.07) is 6.38. The minimum Gasteiger partial charge on any atom is -0.366 e. The Morgan fingerprint density at radius 2 is 2.00 bits per heavy atom. The molecule has 1 amide bonds. The molecule has 98 valence electrons. The fourth-order valence-corrected chi connectivity index (χ4v) is 1.59. The first-order chi connectivity index (χ1) is 9.11. The predicted octanol–water partition coefficient (Wildman–Crippen LogP) is 2.02. The van der Waals surface area contributed by atoms with Crippen LogP contribution in [0, 0.1) is 5.82 Å². The summed E-state index contributed by atoms with van der Waals surface area (Å²) in [5.41, 5.74) is 6.50. The van der Waals surface area contributed by atoms with E-state index in [0.717, 1.165) is 0 Å². The molecule has 1 heterocycles. The van der Waals surface area contributed by atoms with Crippen molar-refractivity contribution in [2.45, 2.75) is 13.3 Å². The van der Waals surface area contributed by atoms with E-state index in [-0.39, 0.29) is 5.82 Å². The number of nitrogens with two attached hydrogens (primary N) is 1. The molecule has 19 heavy (non-hydrogen) atoms. The number of carbonyl (C=O) groups excluding carboxylic acids is 1. The molecule has 0 saturated carbocycles. The zero-order valence-corrected chi connectivity index (χ0v) is 10.4. The topological polar surface area (TPSA) is 80.9 Å². The van der Waals surface area contributed by atoms with E-state index in [9.17, 15) is 9.18 Å². The average Bonchev–Trinajstić information content (AvgIpc) is 2.42. The van der Waals surface area contributed by atoms with E-state index in [1.165, 1.54) is 6.33 Å². The second kappa shape index (κ2) is 5.43. The van der Waals surface area contributed by atoms with Gasteiger partial charge in [0, 0.05) is 11.3 Å². The highest BCUT2D eigenvalue weighted by atomic mass is 19.1. The van der Waals surface area contributed by atoms with Gasteiger partial charge in [-0.25, -0.2) is 14.4 Å². The summed E-state index contributed by atoms with van der Waals surface area (Å²) in [7, 11) is 0. The Kier molecular flexibility index (Phi) is 3.70. The van der Waals surface area contributed by atoms with Crippen molar-refractivity contribution in [3.05, 3.63) is 47.7 Å². The Hall–Kier alpha value is -2.50. The van der Waals surface area contributed by atoms with Crippen molar-refractivity contribution in [1.29, 1.82) is 0 Å². The molecular weight excluding hydrogens is 247 g/mol. The number of rotatable bonds is 4. The standard InChI is InChI=1S/C13H13FN4O/c1-2-10-11(14)13(17-7-16-10)18-9-5-3-8(4-6-9)12(15)19/h3-7H,2H2,1H3,(H2,15,19)(H,16,17,18). The third-order valence-electron chi connectivity index (χ3n) is 2.63. The van der Waals surface area contributed by atoms with E-state index in [4.69, 9.17) is 5.73 Å². The predicted molar refractivity (Wildman–Crippen MR) is 69.6 cm³/mol. The van der Waals surface area contributed by atoms with Crippen LogP contribution >= 0.6 is 0 Å². The molecule has 1 aromatic carbocycles. The average molecular weight is 260 g/mol.